The van der Waals surface area contributed by atoms with E-state index in [4.69, 9.17) is 4.74 Å². The topological polar surface area (TPSA) is 74.8 Å². The van der Waals surface area contributed by atoms with E-state index in [1.807, 2.05) is 20.8 Å². The summed E-state index contributed by atoms with van der Waals surface area (Å²) in [6.07, 6.45) is 3.72. The Kier molecular flexibility index (Phi) is 11.3. The standard InChI is InChI=1S/C21H34N4O2.HI/c1-5-22-21(23-12-6-7-20(26)25-18-10-11-18)24-14-17-9-8-16(4)13-19(17)27-15(2)3;/h8-9,13,15,18H,5-7,10-12,14H2,1-4H3,(H,25,26)(H2,22,23,24);1H. The smallest absolute Gasteiger partial charge is 0.220 e. The number of hydrogen-bond donors (Lipinski definition) is 3. The SMILES string of the molecule is CCNC(=NCc1ccc(C)cc1OC(C)C)NCCCC(=O)NC1CC1.I. The highest BCUT2D eigenvalue weighted by Gasteiger charge is 2.22. The normalized spacial score (nSPS) is 13.7. The third-order valence-corrected chi connectivity index (χ3v) is 4.15. The average molecular weight is 502 g/mol. The van der Waals surface area contributed by atoms with Crippen LogP contribution in [0.15, 0.2) is 23.2 Å². The summed E-state index contributed by atoms with van der Waals surface area (Å²) in [4.78, 5) is 16.4. The molecule has 158 valence electrons. The van der Waals surface area contributed by atoms with Gasteiger partial charge in [0.25, 0.3) is 0 Å². The van der Waals surface area contributed by atoms with Gasteiger partial charge in [-0.3, -0.25) is 4.79 Å². The number of hydrogen-bond acceptors (Lipinski definition) is 3. The quantitative estimate of drug-likeness (QED) is 0.198. The molecule has 1 saturated carbocycles. The van der Waals surface area contributed by atoms with Crippen molar-refractivity contribution in [3.63, 3.8) is 0 Å². The molecule has 0 heterocycles. The molecule has 2 rings (SSSR count). The predicted octanol–water partition coefficient (Wildman–Crippen LogP) is 3.51. The first-order valence-electron chi connectivity index (χ1n) is 10.1. The number of nitrogens with one attached hydrogen (secondary N) is 3. The minimum Gasteiger partial charge on any atom is -0.491 e. The number of halogens is 1. The number of benzene rings is 1. The van der Waals surface area contributed by atoms with Gasteiger partial charge >= 0.3 is 0 Å². The first-order chi connectivity index (χ1) is 13.0. The molecular weight excluding hydrogens is 467 g/mol. The van der Waals surface area contributed by atoms with Gasteiger partial charge in [0.05, 0.1) is 12.6 Å². The van der Waals surface area contributed by atoms with E-state index in [-0.39, 0.29) is 36.0 Å². The third-order valence-electron chi connectivity index (χ3n) is 4.15. The van der Waals surface area contributed by atoms with Crippen LogP contribution in [0.2, 0.25) is 0 Å². The molecule has 1 fully saturated rings. The van der Waals surface area contributed by atoms with Crippen molar-refractivity contribution in [2.45, 2.75) is 72.1 Å². The maximum atomic E-state index is 11.7. The molecule has 0 saturated heterocycles. The van der Waals surface area contributed by atoms with Gasteiger partial charge in [0.15, 0.2) is 5.96 Å². The van der Waals surface area contributed by atoms with Crippen LogP contribution in [0.3, 0.4) is 0 Å². The van der Waals surface area contributed by atoms with E-state index in [9.17, 15) is 4.79 Å². The zero-order valence-electron chi connectivity index (χ0n) is 17.5. The molecule has 0 unspecified atom stereocenters. The first kappa shape index (κ1) is 24.5. The Morgan fingerprint density at radius 3 is 2.68 bits per heavy atom. The Hall–Kier alpha value is -1.51. The van der Waals surface area contributed by atoms with Crippen LogP contribution in [0.25, 0.3) is 0 Å². The lowest BCUT2D eigenvalue weighted by Gasteiger charge is -2.15. The van der Waals surface area contributed by atoms with Crippen LogP contribution >= 0.6 is 24.0 Å². The van der Waals surface area contributed by atoms with E-state index in [1.165, 1.54) is 5.56 Å². The van der Waals surface area contributed by atoms with Gasteiger partial charge in [-0.25, -0.2) is 4.99 Å². The summed E-state index contributed by atoms with van der Waals surface area (Å²) in [5.41, 5.74) is 2.24. The van der Waals surface area contributed by atoms with Crippen molar-refractivity contribution in [3.05, 3.63) is 29.3 Å². The number of amides is 1. The molecule has 1 aromatic rings. The van der Waals surface area contributed by atoms with Crippen molar-refractivity contribution in [1.82, 2.24) is 16.0 Å². The third kappa shape index (κ3) is 9.61. The second-order valence-electron chi connectivity index (χ2n) is 7.35. The Bertz CT molecular complexity index is 645. The minimum absolute atomic E-state index is 0. The number of carbonyl (C=O) groups excluding carboxylic acids is 1. The van der Waals surface area contributed by atoms with Gasteiger partial charge in [-0.2, -0.15) is 0 Å². The molecule has 0 spiro atoms. The lowest BCUT2D eigenvalue weighted by molar-refractivity contribution is -0.121. The van der Waals surface area contributed by atoms with Crippen LogP contribution in [0.1, 0.15) is 57.6 Å². The Morgan fingerprint density at radius 2 is 2.04 bits per heavy atom. The monoisotopic (exact) mass is 502 g/mol. The first-order valence-corrected chi connectivity index (χ1v) is 10.1. The number of rotatable bonds is 10. The number of ether oxygens (including phenoxy) is 1. The average Bonchev–Trinajstić information content (AvgIpc) is 3.41. The molecule has 1 aromatic carbocycles. The Morgan fingerprint density at radius 1 is 1.29 bits per heavy atom. The lowest BCUT2D eigenvalue weighted by atomic mass is 10.1. The number of guanidine groups is 1. The summed E-state index contributed by atoms with van der Waals surface area (Å²) in [6.45, 7) is 10.2. The van der Waals surface area contributed by atoms with Crippen LogP contribution in [0, 0.1) is 6.92 Å². The van der Waals surface area contributed by atoms with Gasteiger partial charge in [-0.05, 0) is 58.6 Å². The van der Waals surface area contributed by atoms with Crippen LogP contribution in [0.5, 0.6) is 5.75 Å². The predicted molar refractivity (Wildman–Crippen MR) is 126 cm³/mol. The highest BCUT2D eigenvalue weighted by molar-refractivity contribution is 14.0. The molecular formula is C21H35IN4O2. The number of carbonyl (C=O) groups is 1. The van der Waals surface area contributed by atoms with E-state index in [0.717, 1.165) is 43.1 Å². The van der Waals surface area contributed by atoms with Gasteiger partial charge in [0, 0.05) is 31.1 Å². The van der Waals surface area contributed by atoms with Crippen LogP contribution in [0.4, 0.5) is 0 Å². The summed E-state index contributed by atoms with van der Waals surface area (Å²) in [6, 6.07) is 6.64. The molecule has 6 nitrogen and oxygen atoms in total. The molecule has 0 radical (unpaired) electrons. The molecule has 1 aliphatic carbocycles. The van der Waals surface area contributed by atoms with E-state index in [2.05, 4.69) is 46.1 Å². The zero-order valence-corrected chi connectivity index (χ0v) is 19.8. The van der Waals surface area contributed by atoms with Crippen molar-refractivity contribution >= 4 is 35.8 Å². The number of aliphatic imine (C=N–C) groups is 1. The van der Waals surface area contributed by atoms with E-state index in [1.54, 1.807) is 0 Å². The van der Waals surface area contributed by atoms with Gasteiger partial charge in [-0.15, -0.1) is 24.0 Å². The summed E-state index contributed by atoms with van der Waals surface area (Å²) in [5.74, 6) is 1.80. The van der Waals surface area contributed by atoms with E-state index >= 15 is 0 Å². The molecule has 1 aliphatic rings. The maximum absolute atomic E-state index is 11.7. The Balaban J connectivity index is 0.00000392. The van der Waals surface area contributed by atoms with E-state index in [0.29, 0.717) is 25.6 Å². The zero-order chi connectivity index (χ0) is 19.6. The van der Waals surface area contributed by atoms with Crippen molar-refractivity contribution in [2.75, 3.05) is 13.1 Å². The number of nitrogens with zero attached hydrogens (tertiary/aromatic N) is 1. The second-order valence-corrected chi connectivity index (χ2v) is 7.35. The molecule has 28 heavy (non-hydrogen) atoms. The summed E-state index contributed by atoms with van der Waals surface area (Å²) in [5, 5.41) is 9.57. The molecule has 0 aromatic heterocycles. The fourth-order valence-corrected chi connectivity index (χ4v) is 2.65. The highest BCUT2D eigenvalue weighted by atomic mass is 127. The second kappa shape index (κ2) is 12.9. The van der Waals surface area contributed by atoms with Gasteiger partial charge in [0.2, 0.25) is 5.91 Å². The van der Waals surface area contributed by atoms with Crippen molar-refractivity contribution in [2.24, 2.45) is 4.99 Å². The fourth-order valence-electron chi connectivity index (χ4n) is 2.65. The molecule has 0 aliphatic heterocycles. The largest absolute Gasteiger partial charge is 0.491 e. The summed E-state index contributed by atoms with van der Waals surface area (Å²) < 4.78 is 5.93. The van der Waals surface area contributed by atoms with Crippen LogP contribution < -0.4 is 20.7 Å². The molecule has 0 atom stereocenters. The van der Waals surface area contributed by atoms with E-state index < -0.39 is 0 Å². The minimum atomic E-state index is 0. The lowest BCUT2D eigenvalue weighted by Crippen LogP contribution is -2.38. The molecule has 7 heteroatoms. The van der Waals surface area contributed by atoms with Gasteiger partial charge < -0.3 is 20.7 Å². The molecule has 0 bridgehead atoms. The molecule has 3 N–H and O–H groups in total. The summed E-state index contributed by atoms with van der Waals surface area (Å²) >= 11 is 0. The van der Waals surface area contributed by atoms with Crippen molar-refractivity contribution in [1.29, 1.82) is 0 Å². The van der Waals surface area contributed by atoms with Gasteiger partial charge in [-0.1, -0.05) is 12.1 Å². The molecule has 1 amide bonds. The Labute approximate surface area is 186 Å². The van der Waals surface area contributed by atoms with Crippen LogP contribution in [-0.2, 0) is 11.3 Å². The summed E-state index contributed by atoms with van der Waals surface area (Å²) in [7, 11) is 0. The van der Waals surface area contributed by atoms with Crippen molar-refractivity contribution in [3.8, 4) is 5.75 Å². The van der Waals surface area contributed by atoms with Crippen LogP contribution in [-0.4, -0.2) is 37.1 Å². The maximum Gasteiger partial charge on any atom is 0.220 e. The fraction of sp³-hybridized carbons (Fsp3) is 0.619. The number of aryl methyl sites for hydroxylation is 1. The highest BCUT2D eigenvalue weighted by Crippen LogP contribution is 2.22. The van der Waals surface area contributed by atoms with Gasteiger partial charge in [0.1, 0.15) is 5.75 Å². The van der Waals surface area contributed by atoms with Crippen molar-refractivity contribution < 1.29 is 9.53 Å².